The molecule has 1 aliphatic heterocycles. The molecule has 10 nitrogen and oxygen atoms in total. The predicted octanol–water partition coefficient (Wildman–Crippen LogP) is 2.40. The number of likely N-dealkylation sites (N-methyl/N-ethyl adjacent to an activating group) is 1. The van der Waals surface area contributed by atoms with Gasteiger partial charge in [0.1, 0.15) is 17.0 Å². The van der Waals surface area contributed by atoms with Crippen LogP contribution in [0.3, 0.4) is 0 Å². The van der Waals surface area contributed by atoms with Crippen molar-refractivity contribution in [2.24, 2.45) is 0 Å². The summed E-state index contributed by atoms with van der Waals surface area (Å²) < 4.78 is 45.7. The van der Waals surface area contributed by atoms with Crippen molar-refractivity contribution in [3.8, 4) is 11.5 Å². The largest absolute Gasteiger partial charge is 0.573 e. The van der Waals surface area contributed by atoms with Gasteiger partial charge in [-0.2, -0.15) is 4.98 Å². The van der Waals surface area contributed by atoms with Gasteiger partial charge in [-0.15, -0.1) is 13.2 Å². The number of hydrogen-bond donors (Lipinski definition) is 1. The molecule has 13 heteroatoms. The molecule has 1 N–H and O–H groups in total. The van der Waals surface area contributed by atoms with Crippen LogP contribution in [0.1, 0.15) is 5.69 Å². The number of aryl methyl sites for hydroxylation is 1. The number of piperazine rings is 1. The molecule has 1 saturated heterocycles. The Morgan fingerprint density at radius 2 is 1.74 bits per heavy atom. The number of fused-ring (bicyclic) bond motifs is 1. The third kappa shape index (κ3) is 5.98. The fourth-order valence-electron chi connectivity index (χ4n) is 3.30. The number of nitrogens with one attached hydrogen (secondary N) is 1. The van der Waals surface area contributed by atoms with Gasteiger partial charge in [0.25, 0.3) is 5.91 Å². The number of carbonyl (C=O) groups is 1. The Bertz CT molecular complexity index is 1170. The lowest BCUT2D eigenvalue weighted by atomic mass is 10.3. The number of alkyl halides is 3. The van der Waals surface area contributed by atoms with Crippen molar-refractivity contribution in [2.45, 2.75) is 13.3 Å². The summed E-state index contributed by atoms with van der Waals surface area (Å²) in [4.78, 5) is 34.3. The molecule has 0 saturated carbocycles. The SMILES string of the molecule is Cc1nc(N2CCN(C)CC2)nc2ncc(NC(=O)COc3ccc(OC(F)(F)F)cc3)nc12. The zero-order chi connectivity index (χ0) is 24.3. The summed E-state index contributed by atoms with van der Waals surface area (Å²) in [5.74, 6) is 0.106. The van der Waals surface area contributed by atoms with E-state index in [-0.39, 0.29) is 23.9 Å². The summed E-state index contributed by atoms with van der Waals surface area (Å²) in [6, 6.07) is 4.72. The Morgan fingerprint density at radius 3 is 2.41 bits per heavy atom. The van der Waals surface area contributed by atoms with E-state index in [1.165, 1.54) is 18.3 Å². The Kier molecular flexibility index (Phi) is 6.63. The number of amides is 1. The van der Waals surface area contributed by atoms with Crippen molar-refractivity contribution in [1.82, 2.24) is 24.8 Å². The molecule has 1 aromatic carbocycles. The van der Waals surface area contributed by atoms with Crippen LogP contribution >= 0.6 is 0 Å². The summed E-state index contributed by atoms with van der Waals surface area (Å²) in [5.41, 5.74) is 1.54. The van der Waals surface area contributed by atoms with Gasteiger partial charge in [-0.1, -0.05) is 0 Å². The smallest absolute Gasteiger partial charge is 0.484 e. The molecular weight excluding hydrogens is 455 g/mol. The first-order chi connectivity index (χ1) is 16.2. The first kappa shape index (κ1) is 23.4. The summed E-state index contributed by atoms with van der Waals surface area (Å²) in [6.07, 6.45) is -3.39. The number of benzene rings is 1. The van der Waals surface area contributed by atoms with Gasteiger partial charge in [-0.05, 0) is 38.2 Å². The maximum Gasteiger partial charge on any atom is 0.573 e. The van der Waals surface area contributed by atoms with Crippen LogP contribution in [0, 0.1) is 6.92 Å². The highest BCUT2D eigenvalue weighted by molar-refractivity contribution is 5.91. The van der Waals surface area contributed by atoms with Crippen LogP contribution in [-0.2, 0) is 4.79 Å². The van der Waals surface area contributed by atoms with Crippen molar-refractivity contribution in [3.63, 3.8) is 0 Å². The summed E-state index contributed by atoms with van der Waals surface area (Å²) in [5, 5.41) is 2.57. The molecule has 34 heavy (non-hydrogen) atoms. The second kappa shape index (κ2) is 9.63. The quantitative estimate of drug-likeness (QED) is 0.573. The molecule has 1 amide bonds. The molecule has 2 aromatic heterocycles. The average Bonchev–Trinajstić information content (AvgIpc) is 2.78. The molecule has 0 spiro atoms. The molecule has 1 aliphatic rings. The maximum atomic E-state index is 12.2. The molecular formula is C21H22F3N7O3. The van der Waals surface area contributed by atoms with E-state index < -0.39 is 12.3 Å². The molecule has 1 fully saturated rings. The van der Waals surface area contributed by atoms with E-state index in [2.05, 4.69) is 46.8 Å². The van der Waals surface area contributed by atoms with Crippen molar-refractivity contribution in [2.75, 3.05) is 50.1 Å². The van der Waals surface area contributed by atoms with Crippen LogP contribution < -0.4 is 19.7 Å². The number of aromatic nitrogens is 4. The second-order valence-corrected chi connectivity index (χ2v) is 7.68. The van der Waals surface area contributed by atoms with E-state index >= 15 is 0 Å². The van der Waals surface area contributed by atoms with Crippen LogP contribution in [0.4, 0.5) is 24.9 Å². The van der Waals surface area contributed by atoms with Gasteiger partial charge in [0.2, 0.25) is 5.95 Å². The normalized spacial score (nSPS) is 14.8. The standard InChI is InChI=1S/C21H22F3N7O3/c1-13-18-19(29-20(26-13)31-9-7-30(2)8-10-31)25-11-16(28-18)27-17(32)12-33-14-3-5-15(6-4-14)34-21(22,23)24/h3-6,11H,7-10,12H2,1-2H3,(H,27,28,32). The highest BCUT2D eigenvalue weighted by Gasteiger charge is 2.31. The molecule has 0 atom stereocenters. The van der Waals surface area contributed by atoms with Gasteiger partial charge in [-0.3, -0.25) is 4.79 Å². The van der Waals surface area contributed by atoms with E-state index in [0.29, 0.717) is 22.8 Å². The summed E-state index contributed by atoms with van der Waals surface area (Å²) >= 11 is 0. The minimum Gasteiger partial charge on any atom is -0.484 e. The van der Waals surface area contributed by atoms with Crippen molar-refractivity contribution in [3.05, 3.63) is 36.2 Å². The Labute approximate surface area is 192 Å². The lowest BCUT2D eigenvalue weighted by molar-refractivity contribution is -0.274. The lowest BCUT2D eigenvalue weighted by Gasteiger charge is -2.32. The van der Waals surface area contributed by atoms with Crippen LogP contribution in [0.25, 0.3) is 11.2 Å². The summed E-state index contributed by atoms with van der Waals surface area (Å²) in [6.45, 7) is 4.91. The summed E-state index contributed by atoms with van der Waals surface area (Å²) in [7, 11) is 2.07. The molecule has 4 rings (SSSR count). The Morgan fingerprint density at radius 1 is 1.06 bits per heavy atom. The van der Waals surface area contributed by atoms with Gasteiger partial charge in [-0.25, -0.2) is 15.0 Å². The van der Waals surface area contributed by atoms with E-state index in [9.17, 15) is 18.0 Å². The van der Waals surface area contributed by atoms with Crippen LogP contribution in [0.15, 0.2) is 30.5 Å². The van der Waals surface area contributed by atoms with E-state index in [0.717, 1.165) is 38.3 Å². The third-order valence-corrected chi connectivity index (χ3v) is 5.05. The van der Waals surface area contributed by atoms with Gasteiger partial charge >= 0.3 is 6.36 Å². The number of hydrogen-bond acceptors (Lipinski definition) is 9. The zero-order valence-electron chi connectivity index (χ0n) is 18.5. The minimum atomic E-state index is -4.78. The molecule has 0 unspecified atom stereocenters. The molecule has 3 heterocycles. The fourth-order valence-corrected chi connectivity index (χ4v) is 3.30. The lowest BCUT2D eigenvalue weighted by Crippen LogP contribution is -2.45. The molecule has 3 aromatic rings. The van der Waals surface area contributed by atoms with E-state index in [1.807, 2.05) is 0 Å². The predicted molar refractivity (Wildman–Crippen MR) is 117 cm³/mol. The highest BCUT2D eigenvalue weighted by atomic mass is 19.4. The second-order valence-electron chi connectivity index (χ2n) is 7.68. The van der Waals surface area contributed by atoms with Gasteiger partial charge < -0.3 is 24.6 Å². The average molecular weight is 477 g/mol. The number of ether oxygens (including phenoxy) is 2. The highest BCUT2D eigenvalue weighted by Crippen LogP contribution is 2.25. The topological polar surface area (TPSA) is 106 Å². The van der Waals surface area contributed by atoms with Crippen LogP contribution in [0.2, 0.25) is 0 Å². The fraction of sp³-hybridized carbons (Fsp3) is 0.381. The first-order valence-electron chi connectivity index (χ1n) is 10.4. The third-order valence-electron chi connectivity index (χ3n) is 5.05. The van der Waals surface area contributed by atoms with Gasteiger partial charge in [0.05, 0.1) is 11.9 Å². The van der Waals surface area contributed by atoms with Crippen LogP contribution in [0.5, 0.6) is 11.5 Å². The maximum absolute atomic E-state index is 12.2. The molecule has 0 aliphatic carbocycles. The molecule has 0 radical (unpaired) electrons. The van der Waals surface area contributed by atoms with Crippen molar-refractivity contribution >= 4 is 28.8 Å². The number of carbonyl (C=O) groups excluding carboxylic acids is 1. The number of rotatable bonds is 6. The Balaban J connectivity index is 1.36. The van der Waals surface area contributed by atoms with Gasteiger partial charge in [0, 0.05) is 26.2 Å². The van der Waals surface area contributed by atoms with Crippen molar-refractivity contribution < 1.29 is 27.4 Å². The monoisotopic (exact) mass is 477 g/mol. The number of anilines is 2. The molecule has 0 bridgehead atoms. The molecule has 180 valence electrons. The zero-order valence-corrected chi connectivity index (χ0v) is 18.5. The Hall–Kier alpha value is -3.74. The van der Waals surface area contributed by atoms with E-state index in [4.69, 9.17) is 4.74 Å². The number of halogens is 3. The first-order valence-corrected chi connectivity index (χ1v) is 10.4. The minimum absolute atomic E-state index is 0.203. The van der Waals surface area contributed by atoms with Gasteiger partial charge in [0.15, 0.2) is 18.1 Å². The van der Waals surface area contributed by atoms with E-state index in [1.54, 1.807) is 6.92 Å². The van der Waals surface area contributed by atoms with Crippen molar-refractivity contribution in [1.29, 1.82) is 0 Å². The number of nitrogens with zero attached hydrogens (tertiary/aromatic N) is 6. The van der Waals surface area contributed by atoms with Crippen LogP contribution in [-0.4, -0.2) is 76.9 Å².